The standard InChI is InChI=1S/C36H44FN3O4/c1-24(2)40-32(17-16-30(41)20-31(42)21-34(43)44)35(28-12-14-29(37)15-13-28)36(27-6-4-3-5-7-27)33(40)23-39-22-26-10-8-25(9-11-26)18-19-38/h3-15,24,30-31,39,41-42H,16-23,38H2,1-2H3,(H,43,44)/p-1. The molecule has 44 heavy (non-hydrogen) atoms. The van der Waals surface area contributed by atoms with E-state index >= 15 is 0 Å². The Bertz CT molecular complexity index is 1480. The number of hydrogen-bond donors (Lipinski definition) is 4. The third-order valence-corrected chi connectivity index (χ3v) is 7.86. The highest BCUT2D eigenvalue weighted by Gasteiger charge is 2.27. The van der Waals surface area contributed by atoms with Crippen LogP contribution in [0.15, 0.2) is 78.9 Å². The number of carbonyl (C=O) groups excluding carboxylic acids is 1. The first-order chi connectivity index (χ1) is 21.2. The van der Waals surface area contributed by atoms with E-state index in [0.29, 0.717) is 32.5 Å². The molecule has 0 saturated carbocycles. The molecule has 0 radical (unpaired) electrons. The van der Waals surface area contributed by atoms with Crippen LogP contribution >= 0.6 is 0 Å². The Labute approximate surface area is 259 Å². The van der Waals surface area contributed by atoms with Gasteiger partial charge in [-0.3, -0.25) is 0 Å². The van der Waals surface area contributed by atoms with Crippen molar-refractivity contribution in [3.8, 4) is 22.3 Å². The number of halogens is 1. The largest absolute Gasteiger partial charge is 0.550 e. The number of hydrogen-bond acceptors (Lipinski definition) is 6. The normalized spacial score (nSPS) is 12.9. The molecular weight excluding hydrogens is 557 g/mol. The predicted molar refractivity (Wildman–Crippen MR) is 170 cm³/mol. The molecule has 8 heteroatoms. The molecule has 7 nitrogen and oxygen atoms in total. The smallest absolute Gasteiger partial charge is 0.123 e. The molecule has 1 aromatic heterocycles. The van der Waals surface area contributed by atoms with Crippen molar-refractivity contribution in [2.24, 2.45) is 5.73 Å². The number of nitrogens with zero attached hydrogens (tertiary/aromatic N) is 1. The third kappa shape index (κ3) is 8.64. The summed E-state index contributed by atoms with van der Waals surface area (Å²) >= 11 is 0. The number of carbonyl (C=O) groups is 1. The molecule has 4 aromatic rings. The van der Waals surface area contributed by atoms with Gasteiger partial charge >= 0.3 is 0 Å². The van der Waals surface area contributed by atoms with Crippen molar-refractivity contribution in [3.05, 3.63) is 107 Å². The zero-order chi connectivity index (χ0) is 31.6. The van der Waals surface area contributed by atoms with Gasteiger partial charge in [-0.15, -0.1) is 0 Å². The van der Waals surface area contributed by atoms with Gasteiger partial charge in [-0.1, -0.05) is 66.7 Å². The maximum Gasteiger partial charge on any atom is 0.123 e. The minimum absolute atomic E-state index is 0.0632. The number of carboxylic acids is 1. The number of carboxylic acid groups (broad SMARTS) is 1. The maximum atomic E-state index is 14.1. The van der Waals surface area contributed by atoms with E-state index in [9.17, 15) is 24.5 Å². The molecule has 234 valence electrons. The molecule has 0 aliphatic carbocycles. The Balaban J connectivity index is 1.75. The number of nitrogens with two attached hydrogens (primary N) is 1. The average Bonchev–Trinajstić information content (AvgIpc) is 3.31. The Morgan fingerprint density at radius 1 is 0.841 bits per heavy atom. The van der Waals surface area contributed by atoms with E-state index in [-0.39, 0.29) is 18.3 Å². The van der Waals surface area contributed by atoms with E-state index in [1.165, 1.54) is 17.7 Å². The summed E-state index contributed by atoms with van der Waals surface area (Å²) in [7, 11) is 0. The molecule has 4 rings (SSSR count). The van der Waals surface area contributed by atoms with Gasteiger partial charge in [0.2, 0.25) is 0 Å². The first kappa shape index (κ1) is 33.1. The second-order valence-electron chi connectivity index (χ2n) is 11.6. The van der Waals surface area contributed by atoms with Gasteiger partial charge in [0.05, 0.1) is 12.2 Å². The van der Waals surface area contributed by atoms with Crippen LogP contribution < -0.4 is 16.2 Å². The molecule has 2 atom stereocenters. The summed E-state index contributed by atoms with van der Waals surface area (Å²) in [5.74, 6) is -1.68. The van der Waals surface area contributed by atoms with Crippen LogP contribution in [0.25, 0.3) is 22.3 Å². The van der Waals surface area contributed by atoms with Gasteiger partial charge in [0.1, 0.15) is 5.82 Å². The molecule has 0 aliphatic heterocycles. The lowest BCUT2D eigenvalue weighted by atomic mass is 9.93. The molecule has 3 aromatic carbocycles. The van der Waals surface area contributed by atoms with Gasteiger partial charge in [-0.25, -0.2) is 4.39 Å². The Hall–Kier alpha value is -3.82. The number of rotatable bonds is 16. The van der Waals surface area contributed by atoms with Gasteiger partial charge in [-0.2, -0.15) is 0 Å². The fourth-order valence-electron chi connectivity index (χ4n) is 5.90. The van der Waals surface area contributed by atoms with Crippen molar-refractivity contribution in [1.29, 1.82) is 0 Å². The topological polar surface area (TPSA) is 124 Å². The third-order valence-electron chi connectivity index (χ3n) is 7.86. The quantitative estimate of drug-likeness (QED) is 0.150. The predicted octanol–water partition coefficient (Wildman–Crippen LogP) is 4.52. The van der Waals surface area contributed by atoms with Crippen LogP contribution in [0.5, 0.6) is 0 Å². The van der Waals surface area contributed by atoms with Crippen LogP contribution in [-0.4, -0.2) is 39.5 Å². The maximum absolute atomic E-state index is 14.1. The number of nitrogens with one attached hydrogen (secondary N) is 1. The summed E-state index contributed by atoms with van der Waals surface area (Å²) in [6, 6.07) is 25.1. The highest BCUT2D eigenvalue weighted by Crippen LogP contribution is 2.42. The molecule has 0 bridgehead atoms. The molecular formula is C36H43FN3O4-. The van der Waals surface area contributed by atoms with E-state index < -0.39 is 24.6 Å². The lowest BCUT2D eigenvalue weighted by Crippen LogP contribution is -2.29. The monoisotopic (exact) mass is 600 g/mol. The minimum Gasteiger partial charge on any atom is -0.550 e. The van der Waals surface area contributed by atoms with E-state index in [0.717, 1.165) is 45.6 Å². The number of aliphatic carboxylic acids is 1. The van der Waals surface area contributed by atoms with Gasteiger partial charge in [0.15, 0.2) is 0 Å². The van der Waals surface area contributed by atoms with Gasteiger partial charge in [0.25, 0.3) is 0 Å². The fraction of sp³-hybridized carbons (Fsp3) is 0.361. The number of aliphatic hydroxyl groups excluding tert-OH is 2. The second-order valence-corrected chi connectivity index (χ2v) is 11.6. The summed E-state index contributed by atoms with van der Waals surface area (Å²) in [6.45, 7) is 6.08. The zero-order valence-electron chi connectivity index (χ0n) is 25.5. The first-order valence-corrected chi connectivity index (χ1v) is 15.3. The summed E-state index contributed by atoms with van der Waals surface area (Å²) in [4.78, 5) is 10.9. The van der Waals surface area contributed by atoms with E-state index in [4.69, 9.17) is 5.73 Å². The second kappa shape index (κ2) is 15.8. The molecule has 0 aliphatic rings. The molecule has 1 heterocycles. The van der Waals surface area contributed by atoms with Crippen LogP contribution in [0, 0.1) is 5.82 Å². The van der Waals surface area contributed by atoms with Crippen LogP contribution in [0.2, 0.25) is 0 Å². The highest BCUT2D eigenvalue weighted by molar-refractivity contribution is 5.88. The molecule has 0 amide bonds. The Morgan fingerprint density at radius 3 is 2.07 bits per heavy atom. The molecule has 0 spiro atoms. The SMILES string of the molecule is CC(C)n1c(CCC(O)CC(O)CC(=O)[O-])c(-c2ccc(F)cc2)c(-c2ccccc2)c1CNCc1ccc(CCN)cc1. The van der Waals surface area contributed by atoms with Crippen molar-refractivity contribution in [3.63, 3.8) is 0 Å². The van der Waals surface area contributed by atoms with E-state index in [1.54, 1.807) is 12.1 Å². The van der Waals surface area contributed by atoms with E-state index in [1.807, 2.05) is 18.2 Å². The van der Waals surface area contributed by atoms with Crippen LogP contribution in [-0.2, 0) is 30.7 Å². The number of aromatic nitrogens is 1. The van der Waals surface area contributed by atoms with Crippen LogP contribution in [0.1, 0.15) is 61.7 Å². The van der Waals surface area contributed by atoms with Gasteiger partial charge < -0.3 is 35.7 Å². The first-order valence-electron chi connectivity index (χ1n) is 15.3. The highest BCUT2D eigenvalue weighted by atomic mass is 19.1. The van der Waals surface area contributed by atoms with Crippen LogP contribution in [0.4, 0.5) is 4.39 Å². The summed E-state index contributed by atoms with van der Waals surface area (Å²) < 4.78 is 16.4. The van der Waals surface area contributed by atoms with Crippen molar-refractivity contribution < 1.29 is 24.5 Å². The number of aliphatic hydroxyl groups is 2. The molecule has 0 saturated heterocycles. The van der Waals surface area contributed by atoms with Gasteiger partial charge in [0, 0.05) is 54.0 Å². The lowest BCUT2D eigenvalue weighted by Gasteiger charge is -2.21. The fourth-order valence-corrected chi connectivity index (χ4v) is 5.90. The van der Waals surface area contributed by atoms with Crippen LogP contribution in [0.3, 0.4) is 0 Å². The van der Waals surface area contributed by atoms with Crippen molar-refractivity contribution in [1.82, 2.24) is 9.88 Å². The summed E-state index contributed by atoms with van der Waals surface area (Å²) in [5, 5.41) is 35.4. The summed E-state index contributed by atoms with van der Waals surface area (Å²) in [5.41, 5.74) is 14.0. The average molecular weight is 601 g/mol. The Morgan fingerprint density at radius 2 is 1.45 bits per heavy atom. The number of benzene rings is 3. The zero-order valence-corrected chi connectivity index (χ0v) is 25.5. The van der Waals surface area contributed by atoms with E-state index in [2.05, 4.69) is 60.1 Å². The van der Waals surface area contributed by atoms with Crippen molar-refractivity contribution in [2.75, 3.05) is 6.54 Å². The molecule has 2 unspecified atom stereocenters. The molecule has 5 N–H and O–H groups in total. The van der Waals surface area contributed by atoms with Crippen molar-refractivity contribution >= 4 is 5.97 Å². The molecule has 0 fully saturated rings. The van der Waals surface area contributed by atoms with Crippen molar-refractivity contribution in [2.45, 2.75) is 77.3 Å². The minimum atomic E-state index is -1.35. The van der Waals surface area contributed by atoms with Gasteiger partial charge in [-0.05, 0) is 80.5 Å². The Kier molecular flexibility index (Phi) is 11.9. The lowest BCUT2D eigenvalue weighted by molar-refractivity contribution is -0.307. The summed E-state index contributed by atoms with van der Waals surface area (Å²) in [6.07, 6.45) is -1.07.